The van der Waals surface area contributed by atoms with Crippen molar-refractivity contribution in [3.63, 3.8) is 0 Å². The van der Waals surface area contributed by atoms with Gasteiger partial charge in [-0.3, -0.25) is 4.79 Å². The molecule has 19 heavy (non-hydrogen) atoms. The number of aromatic nitrogens is 2. The van der Waals surface area contributed by atoms with Crippen LogP contribution < -0.4 is 5.32 Å². The largest absolute Gasteiger partial charge is 0.433 e. The second-order valence-electron chi connectivity index (χ2n) is 3.77. The molecule has 0 radical (unpaired) electrons. The molecule has 0 bridgehead atoms. The van der Waals surface area contributed by atoms with Crippen LogP contribution in [0.4, 0.5) is 13.2 Å². The Bertz CT molecular complexity index is 439. The number of hydrogen-bond acceptors (Lipinski definition) is 4. The molecule has 1 N–H and O–H groups in total. The molecule has 4 nitrogen and oxygen atoms in total. The van der Waals surface area contributed by atoms with Gasteiger partial charge < -0.3 is 5.32 Å². The summed E-state index contributed by atoms with van der Waals surface area (Å²) in [5.41, 5.74) is -1.01. The van der Waals surface area contributed by atoms with E-state index in [0.717, 1.165) is 30.4 Å². The number of rotatable bonds is 5. The molecule has 0 saturated carbocycles. The molecule has 0 aliphatic rings. The Kier molecular flexibility index (Phi) is 5.59. The monoisotopic (exact) mass is 293 g/mol. The number of alkyl halides is 3. The summed E-state index contributed by atoms with van der Waals surface area (Å²) in [5.74, 6) is -0.243. The molecule has 1 heterocycles. The lowest BCUT2D eigenvalue weighted by Crippen LogP contribution is -2.31. The van der Waals surface area contributed by atoms with E-state index in [1.807, 2.05) is 6.92 Å². The molecule has 106 valence electrons. The van der Waals surface area contributed by atoms with E-state index in [1.54, 1.807) is 6.92 Å². The van der Waals surface area contributed by atoms with Gasteiger partial charge in [-0.15, -0.1) is 0 Å². The van der Waals surface area contributed by atoms with E-state index >= 15 is 0 Å². The minimum Gasteiger partial charge on any atom is -0.355 e. The maximum absolute atomic E-state index is 12.5. The summed E-state index contributed by atoms with van der Waals surface area (Å²) in [7, 11) is 0. The van der Waals surface area contributed by atoms with Gasteiger partial charge in [0, 0.05) is 12.7 Å². The Labute approximate surface area is 113 Å². The van der Waals surface area contributed by atoms with Gasteiger partial charge in [-0.1, -0.05) is 18.7 Å². The molecule has 0 aromatic carbocycles. The maximum atomic E-state index is 12.5. The molecule has 1 aromatic rings. The highest BCUT2D eigenvalue weighted by Crippen LogP contribution is 2.29. The number of carbonyl (C=O) groups excluding carboxylic acids is 1. The quantitative estimate of drug-likeness (QED) is 0.669. The molecular formula is C11H14F3N3OS. The van der Waals surface area contributed by atoms with Gasteiger partial charge in [0.25, 0.3) is 0 Å². The molecule has 0 aliphatic heterocycles. The van der Waals surface area contributed by atoms with Gasteiger partial charge in [0.1, 0.15) is 5.69 Å². The van der Waals surface area contributed by atoms with Gasteiger partial charge >= 0.3 is 6.18 Å². The zero-order valence-corrected chi connectivity index (χ0v) is 11.3. The normalized spacial score (nSPS) is 13.1. The van der Waals surface area contributed by atoms with Crippen molar-refractivity contribution in [3.05, 3.63) is 18.0 Å². The van der Waals surface area contributed by atoms with Crippen molar-refractivity contribution in [2.45, 2.75) is 36.9 Å². The van der Waals surface area contributed by atoms with Gasteiger partial charge in [-0.05, 0) is 19.4 Å². The maximum Gasteiger partial charge on any atom is 0.433 e. The van der Waals surface area contributed by atoms with Gasteiger partial charge in [-0.2, -0.15) is 13.2 Å². The first-order valence-electron chi connectivity index (χ1n) is 5.69. The average molecular weight is 293 g/mol. The number of halogens is 3. The summed E-state index contributed by atoms with van der Waals surface area (Å²) in [6, 6.07) is 0.798. The molecule has 0 fully saturated rings. The molecule has 1 rings (SSSR count). The fourth-order valence-electron chi connectivity index (χ4n) is 1.16. The third-order valence-corrected chi connectivity index (χ3v) is 3.10. The van der Waals surface area contributed by atoms with Crippen molar-refractivity contribution < 1.29 is 18.0 Å². The standard InChI is InChI=1S/C11H14F3N3OS/c1-3-5-15-9(18)7(2)19-10-16-6-4-8(17-10)11(12,13)14/h4,6-7H,3,5H2,1-2H3,(H,15,18). The summed E-state index contributed by atoms with van der Waals surface area (Å²) in [6.07, 6.45) is -2.68. The fourth-order valence-corrected chi connectivity index (χ4v) is 1.94. The topological polar surface area (TPSA) is 54.9 Å². The highest BCUT2D eigenvalue weighted by molar-refractivity contribution is 8.00. The molecule has 1 aromatic heterocycles. The Balaban J connectivity index is 2.69. The molecular weight excluding hydrogens is 279 g/mol. The van der Waals surface area contributed by atoms with Crippen LogP contribution in [0.15, 0.2) is 17.4 Å². The van der Waals surface area contributed by atoms with Crippen molar-refractivity contribution in [1.29, 1.82) is 0 Å². The lowest BCUT2D eigenvalue weighted by atomic mass is 10.4. The van der Waals surface area contributed by atoms with Gasteiger partial charge in [0.2, 0.25) is 5.91 Å². The van der Waals surface area contributed by atoms with E-state index in [-0.39, 0.29) is 11.1 Å². The summed E-state index contributed by atoms with van der Waals surface area (Å²) in [4.78, 5) is 18.7. The number of thioether (sulfide) groups is 1. The van der Waals surface area contributed by atoms with E-state index in [9.17, 15) is 18.0 Å². The van der Waals surface area contributed by atoms with E-state index in [0.29, 0.717) is 6.54 Å². The van der Waals surface area contributed by atoms with Crippen LogP contribution in [-0.4, -0.2) is 27.7 Å². The average Bonchev–Trinajstić information content (AvgIpc) is 2.35. The Morgan fingerprint density at radius 2 is 2.21 bits per heavy atom. The highest BCUT2D eigenvalue weighted by Gasteiger charge is 2.33. The molecule has 8 heteroatoms. The van der Waals surface area contributed by atoms with Crippen LogP contribution >= 0.6 is 11.8 Å². The van der Waals surface area contributed by atoms with E-state index < -0.39 is 17.1 Å². The minimum atomic E-state index is -4.51. The molecule has 1 atom stereocenters. The van der Waals surface area contributed by atoms with Crippen molar-refractivity contribution in [2.75, 3.05) is 6.54 Å². The number of carbonyl (C=O) groups is 1. The zero-order chi connectivity index (χ0) is 14.5. The Morgan fingerprint density at radius 1 is 1.53 bits per heavy atom. The van der Waals surface area contributed by atoms with E-state index in [2.05, 4.69) is 15.3 Å². The fraction of sp³-hybridized carbons (Fsp3) is 0.545. The number of nitrogens with zero attached hydrogens (tertiary/aromatic N) is 2. The van der Waals surface area contributed by atoms with Crippen LogP contribution in [0.5, 0.6) is 0 Å². The second-order valence-corrected chi connectivity index (χ2v) is 5.08. The Morgan fingerprint density at radius 3 is 2.79 bits per heavy atom. The summed E-state index contributed by atoms with van der Waals surface area (Å²) in [5, 5.41) is 2.05. The van der Waals surface area contributed by atoms with Crippen molar-refractivity contribution >= 4 is 17.7 Å². The lowest BCUT2D eigenvalue weighted by Gasteiger charge is -2.11. The molecule has 0 spiro atoms. The molecule has 1 amide bonds. The van der Waals surface area contributed by atoms with Crippen LogP contribution in [-0.2, 0) is 11.0 Å². The first kappa shape index (κ1) is 15.7. The first-order chi connectivity index (χ1) is 8.84. The number of hydrogen-bond donors (Lipinski definition) is 1. The lowest BCUT2D eigenvalue weighted by molar-refractivity contribution is -0.141. The third kappa shape index (κ3) is 5.06. The van der Waals surface area contributed by atoms with Crippen molar-refractivity contribution in [3.8, 4) is 0 Å². The van der Waals surface area contributed by atoms with Crippen LogP contribution in [0.3, 0.4) is 0 Å². The molecule has 0 aliphatic carbocycles. The smallest absolute Gasteiger partial charge is 0.355 e. The summed E-state index contributed by atoms with van der Waals surface area (Å²) >= 11 is 0.898. The van der Waals surface area contributed by atoms with Crippen LogP contribution in [0, 0.1) is 0 Å². The first-order valence-corrected chi connectivity index (χ1v) is 6.57. The SMILES string of the molecule is CCCNC(=O)C(C)Sc1nccc(C(F)(F)F)n1. The number of amides is 1. The minimum absolute atomic E-state index is 0.0611. The van der Waals surface area contributed by atoms with Crippen molar-refractivity contribution in [2.24, 2.45) is 0 Å². The Hall–Kier alpha value is -1.31. The third-order valence-electron chi connectivity index (χ3n) is 2.12. The molecule has 0 saturated heterocycles. The summed E-state index contributed by atoms with van der Waals surface area (Å²) in [6.45, 7) is 4.04. The van der Waals surface area contributed by atoms with Crippen LogP contribution in [0.1, 0.15) is 26.0 Å². The predicted octanol–water partition coefficient (Wildman–Crippen LogP) is 2.50. The molecule has 1 unspecified atom stereocenters. The van der Waals surface area contributed by atoms with E-state index in [4.69, 9.17) is 0 Å². The predicted molar refractivity (Wildman–Crippen MR) is 65.7 cm³/mol. The van der Waals surface area contributed by atoms with Gasteiger partial charge in [0.15, 0.2) is 5.16 Å². The van der Waals surface area contributed by atoms with Crippen LogP contribution in [0.25, 0.3) is 0 Å². The number of nitrogens with one attached hydrogen (secondary N) is 1. The van der Waals surface area contributed by atoms with Gasteiger partial charge in [0.05, 0.1) is 5.25 Å². The van der Waals surface area contributed by atoms with E-state index in [1.165, 1.54) is 0 Å². The zero-order valence-electron chi connectivity index (χ0n) is 10.5. The highest BCUT2D eigenvalue weighted by atomic mass is 32.2. The van der Waals surface area contributed by atoms with Gasteiger partial charge in [-0.25, -0.2) is 9.97 Å². The summed E-state index contributed by atoms with van der Waals surface area (Å²) < 4.78 is 37.4. The van der Waals surface area contributed by atoms with Crippen LogP contribution in [0.2, 0.25) is 0 Å². The van der Waals surface area contributed by atoms with Crippen molar-refractivity contribution in [1.82, 2.24) is 15.3 Å². The second kappa shape index (κ2) is 6.74.